The Morgan fingerprint density at radius 1 is 1.22 bits per heavy atom. The highest BCUT2D eigenvalue weighted by Gasteiger charge is 2.17. The van der Waals surface area contributed by atoms with E-state index in [0.717, 1.165) is 38.5 Å². The molecule has 0 amide bonds. The van der Waals surface area contributed by atoms with E-state index in [4.69, 9.17) is 4.74 Å². The maximum absolute atomic E-state index is 10.0. The van der Waals surface area contributed by atoms with E-state index >= 15 is 0 Å². The molecule has 0 bridgehead atoms. The van der Waals surface area contributed by atoms with Crippen LogP contribution in [-0.2, 0) is 4.74 Å². The first-order chi connectivity index (χ1) is 8.36. The Bertz CT molecular complexity index is 320. The SMILES string of the molecule is Cl.OC(CCSc1ccccc1)N1CCOCC1. The Morgan fingerprint density at radius 3 is 2.56 bits per heavy atom. The topological polar surface area (TPSA) is 32.7 Å². The first kappa shape index (κ1) is 15.8. The van der Waals surface area contributed by atoms with Crippen LogP contribution in [0.2, 0.25) is 0 Å². The van der Waals surface area contributed by atoms with Crippen molar-refractivity contribution in [2.45, 2.75) is 17.5 Å². The predicted molar refractivity (Wildman–Crippen MR) is 77.4 cm³/mol. The van der Waals surface area contributed by atoms with E-state index < -0.39 is 0 Å². The van der Waals surface area contributed by atoms with Crippen LogP contribution < -0.4 is 0 Å². The summed E-state index contributed by atoms with van der Waals surface area (Å²) in [6.45, 7) is 3.17. The van der Waals surface area contributed by atoms with Gasteiger partial charge in [0.1, 0.15) is 6.23 Å². The van der Waals surface area contributed by atoms with Gasteiger partial charge in [0.05, 0.1) is 13.2 Å². The summed E-state index contributed by atoms with van der Waals surface area (Å²) in [7, 11) is 0. The third-order valence-corrected chi connectivity index (χ3v) is 3.90. The third-order valence-electron chi connectivity index (χ3n) is 2.86. The minimum atomic E-state index is -0.324. The molecule has 0 spiro atoms. The molecule has 18 heavy (non-hydrogen) atoms. The molecule has 0 saturated carbocycles. The second-order valence-electron chi connectivity index (χ2n) is 4.08. The number of benzene rings is 1. The Morgan fingerprint density at radius 2 is 1.89 bits per heavy atom. The number of nitrogens with zero attached hydrogens (tertiary/aromatic N) is 1. The molecule has 0 aliphatic carbocycles. The smallest absolute Gasteiger partial charge is 0.108 e. The standard InChI is InChI=1S/C13H19NO2S.ClH/c15-13(14-7-9-16-10-8-14)6-11-17-12-4-2-1-3-5-12;/h1-5,13,15H,6-11H2;1H. The molecule has 1 N–H and O–H groups in total. The highest BCUT2D eigenvalue weighted by atomic mass is 35.5. The second-order valence-corrected chi connectivity index (χ2v) is 5.25. The first-order valence-electron chi connectivity index (χ1n) is 6.04. The minimum Gasteiger partial charge on any atom is -0.379 e. The van der Waals surface area contributed by atoms with Crippen molar-refractivity contribution >= 4 is 24.2 Å². The van der Waals surface area contributed by atoms with Gasteiger partial charge in [0.2, 0.25) is 0 Å². The lowest BCUT2D eigenvalue weighted by molar-refractivity contribution is -0.0588. The second kappa shape index (κ2) is 8.77. The van der Waals surface area contributed by atoms with Gasteiger partial charge in [-0.3, -0.25) is 4.90 Å². The van der Waals surface area contributed by atoms with Crippen molar-refractivity contribution in [3.05, 3.63) is 30.3 Å². The molecule has 1 aromatic rings. The van der Waals surface area contributed by atoms with Gasteiger partial charge in [0.25, 0.3) is 0 Å². The predicted octanol–water partition coefficient (Wildman–Crippen LogP) is 2.24. The summed E-state index contributed by atoms with van der Waals surface area (Å²) in [4.78, 5) is 3.36. The summed E-state index contributed by atoms with van der Waals surface area (Å²) < 4.78 is 5.27. The lowest BCUT2D eigenvalue weighted by Gasteiger charge is -2.31. The molecular weight excluding hydrogens is 270 g/mol. The van der Waals surface area contributed by atoms with Gasteiger partial charge in [-0.2, -0.15) is 0 Å². The van der Waals surface area contributed by atoms with Crippen LogP contribution >= 0.6 is 24.2 Å². The summed E-state index contributed by atoms with van der Waals surface area (Å²) in [6, 6.07) is 10.3. The van der Waals surface area contributed by atoms with Crippen LogP contribution in [0, 0.1) is 0 Å². The average Bonchev–Trinajstić information content (AvgIpc) is 2.41. The largest absolute Gasteiger partial charge is 0.379 e. The molecule has 1 aliphatic heterocycles. The van der Waals surface area contributed by atoms with Gasteiger partial charge in [0.15, 0.2) is 0 Å². The van der Waals surface area contributed by atoms with Crippen LogP contribution in [0.3, 0.4) is 0 Å². The highest BCUT2D eigenvalue weighted by Crippen LogP contribution is 2.19. The number of halogens is 1. The maximum Gasteiger partial charge on any atom is 0.108 e. The average molecular weight is 290 g/mol. The van der Waals surface area contributed by atoms with Crippen LogP contribution in [0.1, 0.15) is 6.42 Å². The summed E-state index contributed by atoms with van der Waals surface area (Å²) in [5, 5.41) is 10.0. The molecule has 1 unspecified atom stereocenters. The van der Waals surface area contributed by atoms with E-state index in [1.807, 2.05) is 18.2 Å². The summed E-state index contributed by atoms with van der Waals surface area (Å²) in [5.41, 5.74) is 0. The molecule has 1 aromatic carbocycles. The molecule has 1 atom stereocenters. The van der Waals surface area contributed by atoms with E-state index in [1.165, 1.54) is 4.90 Å². The number of thioether (sulfide) groups is 1. The van der Waals surface area contributed by atoms with Gasteiger partial charge in [-0.05, 0) is 18.6 Å². The van der Waals surface area contributed by atoms with Gasteiger partial charge in [-0.25, -0.2) is 0 Å². The Kier molecular flexibility index (Phi) is 7.70. The van der Waals surface area contributed by atoms with Gasteiger partial charge < -0.3 is 9.84 Å². The van der Waals surface area contributed by atoms with Gasteiger partial charge in [-0.15, -0.1) is 24.2 Å². The van der Waals surface area contributed by atoms with Gasteiger partial charge >= 0.3 is 0 Å². The molecule has 1 saturated heterocycles. The van der Waals surface area contributed by atoms with Crippen LogP contribution in [0.25, 0.3) is 0 Å². The Hall–Kier alpha value is -0.260. The fraction of sp³-hybridized carbons (Fsp3) is 0.538. The number of rotatable bonds is 5. The molecule has 5 heteroatoms. The quantitative estimate of drug-likeness (QED) is 0.843. The Labute approximate surface area is 119 Å². The van der Waals surface area contributed by atoms with E-state index in [2.05, 4.69) is 17.0 Å². The van der Waals surface area contributed by atoms with E-state index in [-0.39, 0.29) is 18.6 Å². The van der Waals surface area contributed by atoms with Crippen molar-refractivity contribution in [3.8, 4) is 0 Å². The van der Waals surface area contributed by atoms with Crippen molar-refractivity contribution in [1.29, 1.82) is 0 Å². The van der Waals surface area contributed by atoms with E-state index in [0.29, 0.717) is 0 Å². The Balaban J connectivity index is 0.00000162. The number of ether oxygens (including phenoxy) is 1. The number of hydrogen-bond acceptors (Lipinski definition) is 4. The lowest BCUT2D eigenvalue weighted by atomic mass is 10.3. The number of aliphatic hydroxyl groups is 1. The normalized spacial score (nSPS) is 18.1. The monoisotopic (exact) mass is 289 g/mol. The molecule has 0 aromatic heterocycles. The maximum atomic E-state index is 10.0. The number of morpholine rings is 1. The van der Waals surface area contributed by atoms with Crippen molar-refractivity contribution in [2.75, 3.05) is 32.1 Å². The molecule has 0 radical (unpaired) electrons. The zero-order valence-electron chi connectivity index (χ0n) is 10.3. The molecule has 3 nitrogen and oxygen atoms in total. The summed E-state index contributed by atoms with van der Waals surface area (Å²) in [5.74, 6) is 0.947. The van der Waals surface area contributed by atoms with Crippen LogP contribution in [0.4, 0.5) is 0 Å². The van der Waals surface area contributed by atoms with Crippen molar-refractivity contribution < 1.29 is 9.84 Å². The zero-order chi connectivity index (χ0) is 11.9. The van der Waals surface area contributed by atoms with Crippen LogP contribution in [-0.4, -0.2) is 48.3 Å². The fourth-order valence-corrected chi connectivity index (χ4v) is 2.77. The molecule has 1 heterocycles. The third kappa shape index (κ3) is 5.16. The molecule has 1 fully saturated rings. The molecular formula is C13H20ClNO2S. The van der Waals surface area contributed by atoms with E-state index in [9.17, 15) is 5.11 Å². The number of hydrogen-bond donors (Lipinski definition) is 1. The highest BCUT2D eigenvalue weighted by molar-refractivity contribution is 7.99. The van der Waals surface area contributed by atoms with Crippen molar-refractivity contribution in [3.63, 3.8) is 0 Å². The zero-order valence-corrected chi connectivity index (χ0v) is 12.0. The van der Waals surface area contributed by atoms with Gasteiger partial charge in [0, 0.05) is 23.7 Å². The summed E-state index contributed by atoms with van der Waals surface area (Å²) >= 11 is 1.79. The van der Waals surface area contributed by atoms with Crippen LogP contribution in [0.15, 0.2) is 35.2 Å². The number of aliphatic hydroxyl groups excluding tert-OH is 1. The molecule has 102 valence electrons. The lowest BCUT2D eigenvalue weighted by Crippen LogP contribution is -2.43. The first-order valence-corrected chi connectivity index (χ1v) is 7.02. The van der Waals surface area contributed by atoms with Gasteiger partial charge in [-0.1, -0.05) is 18.2 Å². The van der Waals surface area contributed by atoms with Crippen molar-refractivity contribution in [1.82, 2.24) is 4.90 Å². The summed E-state index contributed by atoms with van der Waals surface area (Å²) in [6.07, 6.45) is 0.481. The van der Waals surface area contributed by atoms with Crippen molar-refractivity contribution in [2.24, 2.45) is 0 Å². The molecule has 1 aliphatic rings. The van der Waals surface area contributed by atoms with Crippen LogP contribution in [0.5, 0.6) is 0 Å². The minimum absolute atomic E-state index is 0. The van der Waals surface area contributed by atoms with E-state index in [1.54, 1.807) is 11.8 Å². The molecule has 2 rings (SSSR count). The fourth-order valence-electron chi connectivity index (χ4n) is 1.86.